The largest absolute Gasteiger partial charge is 0.361 e. The summed E-state index contributed by atoms with van der Waals surface area (Å²) in [5.41, 5.74) is 3.76. The van der Waals surface area contributed by atoms with Crippen molar-refractivity contribution < 1.29 is 13.2 Å². The number of carbonyl (C=O) groups is 1. The molecule has 32 heavy (non-hydrogen) atoms. The predicted octanol–water partition coefficient (Wildman–Crippen LogP) is 6.12. The van der Waals surface area contributed by atoms with E-state index < -0.39 is 9.84 Å². The molecule has 4 rings (SSSR count). The standard InChI is InChI=1S/C24H20Cl2N2O3S/c1-2-32(30,31)17-8-6-15(7-9-17)12-23(29)28-16-13-20(25)24(21(26)14-16)19-4-3-5-22-18(19)10-11-27-22/h3-11,13-14,27H,2,12H2,1H3,(H,28,29). The third kappa shape index (κ3) is 4.53. The molecule has 1 amide bonds. The highest BCUT2D eigenvalue weighted by Gasteiger charge is 2.16. The minimum Gasteiger partial charge on any atom is -0.361 e. The van der Waals surface area contributed by atoms with E-state index in [0.717, 1.165) is 16.5 Å². The van der Waals surface area contributed by atoms with Gasteiger partial charge in [0.05, 0.1) is 27.1 Å². The molecule has 164 valence electrons. The number of hydrogen-bond acceptors (Lipinski definition) is 3. The predicted molar refractivity (Wildman–Crippen MR) is 130 cm³/mol. The van der Waals surface area contributed by atoms with Crippen molar-refractivity contribution in [2.45, 2.75) is 18.2 Å². The molecule has 2 N–H and O–H groups in total. The Labute approximate surface area is 196 Å². The zero-order chi connectivity index (χ0) is 22.9. The third-order valence-electron chi connectivity index (χ3n) is 5.22. The fraction of sp³-hybridized carbons (Fsp3) is 0.125. The molecular formula is C24H20Cl2N2O3S. The first-order chi connectivity index (χ1) is 15.3. The van der Waals surface area contributed by atoms with Crippen LogP contribution in [-0.4, -0.2) is 25.1 Å². The number of sulfone groups is 1. The molecule has 0 aliphatic heterocycles. The summed E-state index contributed by atoms with van der Waals surface area (Å²) in [7, 11) is -3.27. The Morgan fingerprint density at radius 3 is 2.34 bits per heavy atom. The van der Waals surface area contributed by atoms with Crippen LogP contribution in [0.5, 0.6) is 0 Å². The lowest BCUT2D eigenvalue weighted by atomic mass is 10.0. The van der Waals surface area contributed by atoms with Crippen LogP contribution in [0.15, 0.2) is 71.8 Å². The van der Waals surface area contributed by atoms with Crippen molar-refractivity contribution in [3.05, 3.63) is 82.5 Å². The van der Waals surface area contributed by atoms with Gasteiger partial charge in [0.25, 0.3) is 0 Å². The van der Waals surface area contributed by atoms with Crippen LogP contribution in [0.25, 0.3) is 22.0 Å². The highest BCUT2D eigenvalue weighted by molar-refractivity contribution is 7.91. The molecule has 0 saturated heterocycles. The van der Waals surface area contributed by atoms with E-state index in [1.54, 1.807) is 31.2 Å². The highest BCUT2D eigenvalue weighted by atomic mass is 35.5. The van der Waals surface area contributed by atoms with E-state index >= 15 is 0 Å². The maximum atomic E-state index is 12.5. The van der Waals surface area contributed by atoms with E-state index in [4.69, 9.17) is 23.2 Å². The Morgan fingerprint density at radius 1 is 1.00 bits per heavy atom. The molecule has 1 heterocycles. The van der Waals surface area contributed by atoms with Gasteiger partial charge in [-0.2, -0.15) is 0 Å². The number of carbonyl (C=O) groups excluding carboxylic acids is 1. The van der Waals surface area contributed by atoms with Gasteiger partial charge in [0, 0.05) is 28.4 Å². The summed E-state index contributed by atoms with van der Waals surface area (Å²) in [5.74, 6) is -0.230. The molecule has 8 heteroatoms. The lowest BCUT2D eigenvalue weighted by Crippen LogP contribution is -2.14. The first kappa shape index (κ1) is 22.4. The summed E-state index contributed by atoms with van der Waals surface area (Å²) >= 11 is 13.1. The molecule has 5 nitrogen and oxygen atoms in total. The second-order valence-electron chi connectivity index (χ2n) is 7.33. The number of anilines is 1. The van der Waals surface area contributed by atoms with Gasteiger partial charge in [0.1, 0.15) is 0 Å². The van der Waals surface area contributed by atoms with Crippen molar-refractivity contribution in [1.82, 2.24) is 4.98 Å². The van der Waals surface area contributed by atoms with E-state index in [1.165, 1.54) is 12.1 Å². The molecule has 0 bridgehead atoms. The molecule has 0 radical (unpaired) electrons. The van der Waals surface area contributed by atoms with Crippen LogP contribution in [0, 0.1) is 0 Å². The zero-order valence-corrected chi connectivity index (χ0v) is 19.5. The number of aromatic nitrogens is 1. The lowest BCUT2D eigenvalue weighted by molar-refractivity contribution is -0.115. The summed E-state index contributed by atoms with van der Waals surface area (Å²) in [4.78, 5) is 15.9. The smallest absolute Gasteiger partial charge is 0.228 e. The zero-order valence-electron chi connectivity index (χ0n) is 17.2. The van der Waals surface area contributed by atoms with Gasteiger partial charge in [0.2, 0.25) is 5.91 Å². The van der Waals surface area contributed by atoms with Crippen molar-refractivity contribution in [2.24, 2.45) is 0 Å². The first-order valence-corrected chi connectivity index (χ1v) is 12.4. The number of nitrogens with one attached hydrogen (secondary N) is 2. The Hall–Kier alpha value is -2.80. The van der Waals surface area contributed by atoms with Crippen LogP contribution in [0.4, 0.5) is 5.69 Å². The molecule has 0 spiro atoms. The third-order valence-corrected chi connectivity index (χ3v) is 7.56. The first-order valence-electron chi connectivity index (χ1n) is 9.95. The quantitative estimate of drug-likeness (QED) is 0.344. The van der Waals surface area contributed by atoms with Gasteiger partial charge < -0.3 is 10.3 Å². The molecule has 3 aromatic carbocycles. The average Bonchev–Trinajstić information content (AvgIpc) is 3.23. The fourth-order valence-corrected chi connectivity index (χ4v) is 5.15. The topological polar surface area (TPSA) is 79.0 Å². The van der Waals surface area contributed by atoms with E-state index in [2.05, 4.69) is 10.3 Å². The molecule has 0 aliphatic carbocycles. The molecule has 0 unspecified atom stereocenters. The summed E-state index contributed by atoms with van der Waals surface area (Å²) in [5, 5.41) is 4.66. The molecular weight excluding hydrogens is 467 g/mol. The number of H-pyrrole nitrogens is 1. The Balaban J connectivity index is 1.53. The number of amides is 1. The number of benzene rings is 3. The van der Waals surface area contributed by atoms with E-state index in [9.17, 15) is 13.2 Å². The maximum absolute atomic E-state index is 12.5. The highest BCUT2D eigenvalue weighted by Crippen LogP contribution is 2.40. The summed E-state index contributed by atoms with van der Waals surface area (Å²) in [6, 6.07) is 17.5. The Bertz CT molecular complexity index is 1390. The number of aromatic amines is 1. The van der Waals surface area contributed by atoms with Crippen molar-refractivity contribution >= 4 is 55.5 Å². The van der Waals surface area contributed by atoms with E-state index in [-0.39, 0.29) is 23.0 Å². The maximum Gasteiger partial charge on any atom is 0.228 e. The molecule has 0 aliphatic rings. The van der Waals surface area contributed by atoms with Crippen molar-refractivity contribution in [1.29, 1.82) is 0 Å². The monoisotopic (exact) mass is 486 g/mol. The van der Waals surface area contributed by atoms with Crippen LogP contribution in [-0.2, 0) is 21.1 Å². The van der Waals surface area contributed by atoms with Crippen LogP contribution in [0.2, 0.25) is 10.0 Å². The van der Waals surface area contributed by atoms with E-state index in [0.29, 0.717) is 26.9 Å². The average molecular weight is 487 g/mol. The summed E-state index contributed by atoms with van der Waals surface area (Å²) in [6.45, 7) is 1.59. The number of fused-ring (bicyclic) bond motifs is 1. The summed E-state index contributed by atoms with van der Waals surface area (Å²) in [6.07, 6.45) is 1.95. The number of hydrogen-bond donors (Lipinski definition) is 2. The van der Waals surface area contributed by atoms with Crippen molar-refractivity contribution in [2.75, 3.05) is 11.1 Å². The van der Waals surface area contributed by atoms with Gasteiger partial charge in [-0.15, -0.1) is 0 Å². The molecule has 4 aromatic rings. The van der Waals surface area contributed by atoms with E-state index in [1.807, 2.05) is 30.5 Å². The normalized spacial score (nSPS) is 11.6. The Kier molecular flexibility index (Phi) is 6.29. The fourth-order valence-electron chi connectivity index (χ4n) is 3.58. The van der Waals surface area contributed by atoms with Gasteiger partial charge in [-0.3, -0.25) is 4.79 Å². The van der Waals surface area contributed by atoms with Gasteiger partial charge in [-0.05, 0) is 47.5 Å². The minimum absolute atomic E-state index is 0.0307. The van der Waals surface area contributed by atoms with Gasteiger partial charge in [0.15, 0.2) is 9.84 Å². The van der Waals surface area contributed by atoms with Crippen LogP contribution < -0.4 is 5.32 Å². The molecule has 0 saturated carbocycles. The van der Waals surface area contributed by atoms with Gasteiger partial charge in [-0.25, -0.2) is 8.42 Å². The molecule has 1 aromatic heterocycles. The number of halogens is 2. The van der Waals surface area contributed by atoms with Crippen LogP contribution >= 0.6 is 23.2 Å². The molecule has 0 atom stereocenters. The number of rotatable bonds is 6. The SMILES string of the molecule is CCS(=O)(=O)c1ccc(CC(=O)Nc2cc(Cl)c(-c3cccc4[nH]ccc34)c(Cl)c2)cc1. The van der Waals surface area contributed by atoms with Gasteiger partial charge in [-0.1, -0.05) is 54.4 Å². The molecule has 0 fully saturated rings. The summed E-state index contributed by atoms with van der Waals surface area (Å²) < 4.78 is 23.8. The van der Waals surface area contributed by atoms with Gasteiger partial charge >= 0.3 is 0 Å². The lowest BCUT2D eigenvalue weighted by Gasteiger charge is -2.13. The van der Waals surface area contributed by atoms with Crippen LogP contribution in [0.3, 0.4) is 0 Å². The Morgan fingerprint density at radius 2 is 1.69 bits per heavy atom. The second kappa shape index (κ2) is 8.98. The minimum atomic E-state index is -3.27. The van der Waals surface area contributed by atoms with Crippen molar-refractivity contribution in [3.63, 3.8) is 0 Å². The second-order valence-corrected chi connectivity index (χ2v) is 10.4. The van der Waals surface area contributed by atoms with Crippen molar-refractivity contribution in [3.8, 4) is 11.1 Å². The van der Waals surface area contributed by atoms with Crippen LogP contribution in [0.1, 0.15) is 12.5 Å².